The van der Waals surface area contributed by atoms with E-state index in [1.54, 1.807) is 4.68 Å². The predicted octanol–water partition coefficient (Wildman–Crippen LogP) is 0.922. The predicted molar refractivity (Wildman–Crippen MR) is 59.3 cm³/mol. The van der Waals surface area contributed by atoms with Crippen molar-refractivity contribution >= 4 is 32.4 Å². The molecular formula is C7H11IN2O2S. The fourth-order valence-electron chi connectivity index (χ4n) is 0.950. The van der Waals surface area contributed by atoms with Crippen molar-refractivity contribution in [3.63, 3.8) is 0 Å². The van der Waals surface area contributed by atoms with Crippen molar-refractivity contribution in [1.29, 1.82) is 0 Å². The lowest BCUT2D eigenvalue weighted by atomic mass is 10.5. The third kappa shape index (κ3) is 4.61. The van der Waals surface area contributed by atoms with Crippen molar-refractivity contribution in [3.05, 3.63) is 16.0 Å². The molecule has 0 N–H and O–H groups in total. The van der Waals surface area contributed by atoms with Crippen molar-refractivity contribution in [1.82, 2.24) is 9.78 Å². The Morgan fingerprint density at radius 1 is 1.62 bits per heavy atom. The number of hydrogen-bond donors (Lipinski definition) is 0. The van der Waals surface area contributed by atoms with E-state index in [9.17, 15) is 8.42 Å². The van der Waals surface area contributed by atoms with E-state index >= 15 is 0 Å². The van der Waals surface area contributed by atoms with Gasteiger partial charge >= 0.3 is 0 Å². The second-order valence-electron chi connectivity index (χ2n) is 2.88. The highest BCUT2D eigenvalue weighted by atomic mass is 127. The standard InChI is InChI=1S/C7H11IN2O2S/c1-13(11,12)6-2-4-10-5-3-7(8)9-10/h3,5H,2,4,6H2,1H3. The van der Waals surface area contributed by atoms with Crippen LogP contribution in [0.25, 0.3) is 0 Å². The summed E-state index contributed by atoms with van der Waals surface area (Å²) < 4.78 is 24.3. The fraction of sp³-hybridized carbons (Fsp3) is 0.571. The molecule has 0 unspecified atom stereocenters. The first kappa shape index (κ1) is 11.0. The third-order valence-electron chi connectivity index (χ3n) is 1.51. The van der Waals surface area contributed by atoms with Gasteiger partial charge in [-0.25, -0.2) is 8.42 Å². The van der Waals surface area contributed by atoms with Crippen molar-refractivity contribution in [3.8, 4) is 0 Å². The number of hydrogen-bond acceptors (Lipinski definition) is 3. The van der Waals surface area contributed by atoms with Crippen LogP contribution in [0.3, 0.4) is 0 Å². The SMILES string of the molecule is CS(=O)(=O)CCCn1ccc(I)n1. The van der Waals surface area contributed by atoms with Crippen molar-refractivity contribution in [2.75, 3.05) is 12.0 Å². The molecule has 4 nitrogen and oxygen atoms in total. The summed E-state index contributed by atoms with van der Waals surface area (Å²) in [5.74, 6) is 0.226. The highest BCUT2D eigenvalue weighted by Crippen LogP contribution is 2.00. The number of halogens is 1. The van der Waals surface area contributed by atoms with Crippen LogP contribution in [-0.4, -0.2) is 30.2 Å². The molecular weight excluding hydrogens is 303 g/mol. The zero-order valence-corrected chi connectivity index (χ0v) is 10.2. The zero-order valence-electron chi connectivity index (χ0n) is 7.27. The molecule has 1 rings (SSSR count). The van der Waals surface area contributed by atoms with Gasteiger partial charge in [-0.1, -0.05) is 0 Å². The van der Waals surface area contributed by atoms with Crippen LogP contribution in [-0.2, 0) is 16.4 Å². The number of sulfone groups is 1. The topological polar surface area (TPSA) is 52.0 Å². The van der Waals surface area contributed by atoms with Gasteiger partial charge in [-0.3, -0.25) is 4.68 Å². The lowest BCUT2D eigenvalue weighted by Gasteiger charge is -1.99. The van der Waals surface area contributed by atoms with Gasteiger partial charge in [0.1, 0.15) is 13.5 Å². The molecule has 0 amide bonds. The molecule has 74 valence electrons. The molecule has 1 aromatic heterocycles. The van der Waals surface area contributed by atoms with Gasteiger partial charge in [0.15, 0.2) is 0 Å². The van der Waals surface area contributed by atoms with E-state index in [-0.39, 0.29) is 5.75 Å². The van der Waals surface area contributed by atoms with E-state index in [1.165, 1.54) is 6.26 Å². The molecule has 1 heterocycles. The van der Waals surface area contributed by atoms with Crippen LogP contribution >= 0.6 is 22.6 Å². The Morgan fingerprint density at radius 3 is 2.77 bits per heavy atom. The van der Waals surface area contributed by atoms with Gasteiger partial charge in [-0.15, -0.1) is 0 Å². The number of aromatic nitrogens is 2. The Balaban J connectivity index is 2.36. The van der Waals surface area contributed by atoms with Crippen molar-refractivity contribution in [2.45, 2.75) is 13.0 Å². The normalized spacial score (nSPS) is 11.8. The average molecular weight is 314 g/mol. The van der Waals surface area contributed by atoms with Gasteiger partial charge in [0.05, 0.1) is 5.75 Å². The number of nitrogens with zero attached hydrogens (tertiary/aromatic N) is 2. The Hall–Kier alpha value is -0.110. The van der Waals surface area contributed by atoms with Crippen molar-refractivity contribution < 1.29 is 8.42 Å². The van der Waals surface area contributed by atoms with Gasteiger partial charge in [0, 0.05) is 19.0 Å². The highest BCUT2D eigenvalue weighted by Gasteiger charge is 2.02. The van der Waals surface area contributed by atoms with Crippen LogP contribution in [0, 0.1) is 3.70 Å². The van der Waals surface area contributed by atoms with E-state index in [2.05, 4.69) is 27.7 Å². The molecule has 0 aliphatic carbocycles. The van der Waals surface area contributed by atoms with E-state index in [1.807, 2.05) is 12.3 Å². The lowest BCUT2D eigenvalue weighted by Crippen LogP contribution is -2.07. The van der Waals surface area contributed by atoms with Gasteiger partial charge < -0.3 is 0 Å². The number of rotatable bonds is 4. The van der Waals surface area contributed by atoms with Gasteiger partial charge in [-0.2, -0.15) is 5.10 Å². The smallest absolute Gasteiger partial charge is 0.147 e. The molecule has 6 heteroatoms. The summed E-state index contributed by atoms with van der Waals surface area (Å²) in [4.78, 5) is 0. The zero-order chi connectivity index (χ0) is 9.90. The molecule has 0 aromatic carbocycles. The van der Waals surface area contributed by atoms with Crippen LogP contribution in [0.4, 0.5) is 0 Å². The molecule has 0 aliphatic rings. The maximum Gasteiger partial charge on any atom is 0.147 e. The molecule has 0 spiro atoms. The molecule has 0 fully saturated rings. The summed E-state index contributed by atoms with van der Waals surface area (Å²) in [6.45, 7) is 0.663. The van der Waals surface area contributed by atoms with E-state index in [0.717, 1.165) is 3.70 Å². The minimum absolute atomic E-state index is 0.226. The molecule has 0 saturated carbocycles. The first-order valence-electron chi connectivity index (χ1n) is 3.84. The largest absolute Gasteiger partial charge is 0.272 e. The Bertz CT molecular complexity index is 372. The Morgan fingerprint density at radius 2 is 2.31 bits per heavy atom. The molecule has 13 heavy (non-hydrogen) atoms. The summed E-state index contributed by atoms with van der Waals surface area (Å²) in [6, 6.07) is 1.89. The fourth-order valence-corrected chi connectivity index (χ4v) is 2.04. The van der Waals surface area contributed by atoms with Crippen LogP contribution in [0.1, 0.15) is 6.42 Å². The summed E-state index contributed by atoms with van der Waals surface area (Å²) in [5.41, 5.74) is 0. The maximum absolute atomic E-state index is 10.8. The van der Waals surface area contributed by atoms with E-state index in [4.69, 9.17) is 0 Å². The number of aryl methyl sites for hydroxylation is 1. The molecule has 0 bridgehead atoms. The maximum atomic E-state index is 10.8. The second-order valence-corrected chi connectivity index (χ2v) is 6.25. The third-order valence-corrected chi connectivity index (χ3v) is 3.12. The summed E-state index contributed by atoms with van der Waals surface area (Å²) in [5, 5.41) is 4.14. The summed E-state index contributed by atoms with van der Waals surface area (Å²) in [7, 11) is -2.83. The van der Waals surface area contributed by atoms with Gasteiger partial charge in [-0.05, 0) is 35.1 Å². The van der Waals surface area contributed by atoms with Crippen LogP contribution in [0.15, 0.2) is 12.3 Å². The molecule has 1 aromatic rings. The van der Waals surface area contributed by atoms with E-state index in [0.29, 0.717) is 13.0 Å². The molecule has 0 aliphatic heterocycles. The first-order valence-corrected chi connectivity index (χ1v) is 6.98. The second kappa shape index (κ2) is 4.41. The Kier molecular flexibility index (Phi) is 3.72. The van der Waals surface area contributed by atoms with E-state index < -0.39 is 9.84 Å². The molecule has 0 saturated heterocycles. The minimum Gasteiger partial charge on any atom is -0.272 e. The first-order chi connectivity index (χ1) is 5.97. The lowest BCUT2D eigenvalue weighted by molar-refractivity contribution is 0.575. The van der Waals surface area contributed by atoms with Crippen LogP contribution in [0.5, 0.6) is 0 Å². The average Bonchev–Trinajstić information content (AvgIpc) is 2.33. The van der Waals surface area contributed by atoms with Crippen molar-refractivity contribution in [2.24, 2.45) is 0 Å². The summed E-state index contributed by atoms with van der Waals surface area (Å²) in [6.07, 6.45) is 3.72. The van der Waals surface area contributed by atoms with Crippen LogP contribution in [0.2, 0.25) is 0 Å². The van der Waals surface area contributed by atoms with Gasteiger partial charge in [0.25, 0.3) is 0 Å². The summed E-state index contributed by atoms with van der Waals surface area (Å²) >= 11 is 2.12. The minimum atomic E-state index is -2.83. The Labute approximate surface area is 91.4 Å². The quantitative estimate of drug-likeness (QED) is 0.777. The van der Waals surface area contributed by atoms with Gasteiger partial charge in [0.2, 0.25) is 0 Å². The highest BCUT2D eigenvalue weighted by molar-refractivity contribution is 14.1. The monoisotopic (exact) mass is 314 g/mol. The van der Waals surface area contributed by atoms with Crippen LogP contribution < -0.4 is 0 Å². The molecule has 0 radical (unpaired) electrons. The molecule has 0 atom stereocenters.